The molecule has 0 saturated carbocycles. The zero-order valence-corrected chi connectivity index (χ0v) is 12.2. The molecule has 1 aliphatic rings. The van der Waals surface area contributed by atoms with Crippen molar-refractivity contribution in [3.63, 3.8) is 0 Å². The summed E-state index contributed by atoms with van der Waals surface area (Å²) in [7, 11) is 1.88. The molecule has 0 amide bonds. The van der Waals surface area contributed by atoms with Crippen LogP contribution in [0.4, 0.5) is 0 Å². The lowest BCUT2D eigenvalue weighted by Gasteiger charge is -2.29. The molecule has 7 nitrogen and oxygen atoms in total. The average molecular weight is 291 g/mol. The zero-order chi connectivity index (χ0) is 14.1. The van der Waals surface area contributed by atoms with Gasteiger partial charge in [0, 0.05) is 18.3 Å². The second-order valence-corrected chi connectivity index (χ2v) is 6.75. The first kappa shape index (κ1) is 12.0. The van der Waals surface area contributed by atoms with Crippen LogP contribution in [0, 0.1) is 0 Å². The van der Waals surface area contributed by atoms with Crippen LogP contribution in [0.5, 0.6) is 0 Å². The maximum absolute atomic E-state index is 12.6. The monoisotopic (exact) mass is 291 g/mol. The molecule has 0 spiro atoms. The molecule has 0 saturated heterocycles. The van der Waals surface area contributed by atoms with Gasteiger partial charge in [0.05, 0.1) is 17.6 Å². The minimum atomic E-state index is -0.248. The lowest BCUT2D eigenvalue weighted by molar-refractivity contribution is -0.0379. The molecule has 4 rings (SSSR count). The summed E-state index contributed by atoms with van der Waals surface area (Å²) in [4.78, 5) is 14.6. The average Bonchev–Trinajstić information content (AvgIpc) is 2.99. The highest BCUT2D eigenvalue weighted by atomic mass is 32.1. The number of nitrogens with zero attached hydrogens (tertiary/aromatic N) is 5. The predicted octanol–water partition coefficient (Wildman–Crippen LogP) is 0.889. The number of fused-ring (bicyclic) bond motifs is 4. The third-order valence-corrected chi connectivity index (χ3v) is 5.01. The van der Waals surface area contributed by atoms with E-state index < -0.39 is 0 Å². The Labute approximate surface area is 117 Å². The number of tetrazole rings is 1. The van der Waals surface area contributed by atoms with Gasteiger partial charge < -0.3 is 9.30 Å². The normalized spacial score (nSPS) is 17.8. The lowest BCUT2D eigenvalue weighted by Crippen LogP contribution is -2.31. The summed E-state index contributed by atoms with van der Waals surface area (Å²) in [5.74, 6) is 0.460. The van der Waals surface area contributed by atoms with Gasteiger partial charge in [-0.2, -0.15) is 0 Å². The highest BCUT2D eigenvalue weighted by Crippen LogP contribution is 2.37. The van der Waals surface area contributed by atoms with Crippen molar-refractivity contribution in [2.24, 2.45) is 7.05 Å². The smallest absolute Gasteiger partial charge is 0.286 e. The van der Waals surface area contributed by atoms with E-state index in [1.165, 1.54) is 4.52 Å². The van der Waals surface area contributed by atoms with Crippen LogP contribution in [-0.4, -0.2) is 30.2 Å². The number of thiophene rings is 1. The van der Waals surface area contributed by atoms with E-state index in [-0.39, 0.29) is 11.2 Å². The Morgan fingerprint density at radius 1 is 1.40 bits per heavy atom. The SMILES string of the molecule is Cn1c2sc3c(c2c(=O)n2nnnc12)CC(C)(C)OC3. The first-order chi connectivity index (χ1) is 9.48. The fourth-order valence-electron chi connectivity index (χ4n) is 2.72. The molecule has 0 N–H and O–H groups in total. The molecule has 0 radical (unpaired) electrons. The number of ether oxygens (including phenoxy) is 1. The molecule has 0 aliphatic carbocycles. The van der Waals surface area contributed by atoms with E-state index in [1.54, 1.807) is 11.3 Å². The number of hydrogen-bond donors (Lipinski definition) is 0. The molecular weight excluding hydrogens is 278 g/mol. The summed E-state index contributed by atoms with van der Waals surface area (Å²) in [6.45, 7) is 4.63. The zero-order valence-electron chi connectivity index (χ0n) is 11.4. The van der Waals surface area contributed by atoms with Gasteiger partial charge in [-0.1, -0.05) is 5.10 Å². The maximum atomic E-state index is 12.6. The topological polar surface area (TPSA) is 74.3 Å². The Bertz CT molecular complexity index is 904. The van der Waals surface area contributed by atoms with E-state index >= 15 is 0 Å². The van der Waals surface area contributed by atoms with Crippen molar-refractivity contribution < 1.29 is 4.74 Å². The van der Waals surface area contributed by atoms with E-state index in [1.807, 2.05) is 25.5 Å². The molecular formula is C12H13N5O2S. The van der Waals surface area contributed by atoms with Crippen molar-refractivity contribution in [1.82, 2.24) is 24.6 Å². The van der Waals surface area contributed by atoms with Crippen molar-refractivity contribution in [2.45, 2.75) is 32.5 Å². The number of rotatable bonds is 0. The van der Waals surface area contributed by atoms with Crippen LogP contribution in [0.25, 0.3) is 16.0 Å². The van der Waals surface area contributed by atoms with Gasteiger partial charge in [-0.25, -0.2) is 0 Å². The van der Waals surface area contributed by atoms with Crippen molar-refractivity contribution in [3.8, 4) is 0 Å². The minimum Gasteiger partial charge on any atom is -0.370 e. The van der Waals surface area contributed by atoms with Gasteiger partial charge in [-0.15, -0.1) is 15.9 Å². The van der Waals surface area contributed by atoms with Gasteiger partial charge in [0.2, 0.25) is 0 Å². The third kappa shape index (κ3) is 1.43. The van der Waals surface area contributed by atoms with Crippen LogP contribution < -0.4 is 5.56 Å². The summed E-state index contributed by atoms with van der Waals surface area (Å²) in [6.07, 6.45) is 0.727. The third-order valence-electron chi connectivity index (χ3n) is 3.73. The van der Waals surface area contributed by atoms with Gasteiger partial charge in [-0.05, 0) is 29.8 Å². The molecule has 0 bridgehead atoms. The largest absolute Gasteiger partial charge is 0.370 e. The number of aryl methyl sites for hydroxylation is 1. The van der Waals surface area contributed by atoms with Gasteiger partial charge >= 0.3 is 0 Å². The van der Waals surface area contributed by atoms with Gasteiger partial charge in [0.15, 0.2) is 0 Å². The second-order valence-electron chi connectivity index (χ2n) is 5.66. The molecule has 20 heavy (non-hydrogen) atoms. The van der Waals surface area contributed by atoms with Crippen molar-refractivity contribution >= 4 is 27.3 Å². The number of hydrogen-bond acceptors (Lipinski definition) is 6. The van der Waals surface area contributed by atoms with Crippen LogP contribution in [0.1, 0.15) is 24.3 Å². The fraction of sp³-hybridized carbons (Fsp3) is 0.500. The summed E-state index contributed by atoms with van der Waals surface area (Å²) < 4.78 is 8.96. The molecule has 3 aromatic rings. The molecule has 0 aromatic carbocycles. The summed E-state index contributed by atoms with van der Waals surface area (Å²) in [5, 5.41) is 12.0. The lowest BCUT2D eigenvalue weighted by atomic mass is 9.94. The highest BCUT2D eigenvalue weighted by Gasteiger charge is 2.31. The van der Waals surface area contributed by atoms with E-state index in [9.17, 15) is 4.79 Å². The van der Waals surface area contributed by atoms with Gasteiger partial charge in [-0.3, -0.25) is 4.79 Å². The standard InChI is InChI=1S/C12H13N5O2S/c1-12(2)4-6-7(5-19-12)20-10-8(6)9(18)17-11(16(10)3)13-14-15-17/h4-5H2,1-3H3. The predicted molar refractivity (Wildman–Crippen MR) is 74.0 cm³/mol. The molecule has 0 fully saturated rings. The van der Waals surface area contributed by atoms with Gasteiger partial charge in [0.25, 0.3) is 11.3 Å². The summed E-state index contributed by atoms with van der Waals surface area (Å²) in [6, 6.07) is 0. The molecule has 104 valence electrons. The molecule has 0 atom stereocenters. The van der Waals surface area contributed by atoms with Gasteiger partial charge in [0.1, 0.15) is 4.83 Å². The maximum Gasteiger partial charge on any atom is 0.286 e. The summed E-state index contributed by atoms with van der Waals surface area (Å²) >= 11 is 1.59. The Morgan fingerprint density at radius 3 is 3.00 bits per heavy atom. The molecule has 0 unspecified atom stereocenters. The van der Waals surface area contributed by atoms with E-state index in [0.717, 1.165) is 27.1 Å². The van der Waals surface area contributed by atoms with Crippen LogP contribution in [-0.2, 0) is 24.8 Å². The van der Waals surface area contributed by atoms with Crippen LogP contribution in [0.15, 0.2) is 4.79 Å². The van der Waals surface area contributed by atoms with Crippen LogP contribution in [0.3, 0.4) is 0 Å². The van der Waals surface area contributed by atoms with Crippen molar-refractivity contribution in [3.05, 3.63) is 20.8 Å². The van der Waals surface area contributed by atoms with Crippen LogP contribution in [0.2, 0.25) is 0 Å². The highest BCUT2D eigenvalue weighted by molar-refractivity contribution is 7.18. The van der Waals surface area contributed by atoms with Crippen molar-refractivity contribution in [2.75, 3.05) is 0 Å². The fourth-order valence-corrected chi connectivity index (χ4v) is 3.90. The molecule has 8 heteroatoms. The Kier molecular flexibility index (Phi) is 2.18. The quantitative estimate of drug-likeness (QED) is 0.615. The Hall–Kier alpha value is -1.80. The Balaban J connectivity index is 2.18. The minimum absolute atomic E-state index is 0.145. The summed E-state index contributed by atoms with van der Waals surface area (Å²) in [5.41, 5.74) is 0.689. The molecule has 3 aromatic heterocycles. The second kappa shape index (κ2) is 3.64. The first-order valence-electron chi connectivity index (χ1n) is 6.33. The van der Waals surface area contributed by atoms with E-state index in [2.05, 4.69) is 15.5 Å². The van der Waals surface area contributed by atoms with Crippen LogP contribution >= 0.6 is 11.3 Å². The van der Waals surface area contributed by atoms with E-state index in [4.69, 9.17) is 4.74 Å². The number of aromatic nitrogens is 5. The molecule has 1 aliphatic heterocycles. The van der Waals surface area contributed by atoms with Crippen molar-refractivity contribution in [1.29, 1.82) is 0 Å². The molecule has 4 heterocycles. The van der Waals surface area contributed by atoms with E-state index in [0.29, 0.717) is 12.4 Å². The first-order valence-corrected chi connectivity index (χ1v) is 7.15. The Morgan fingerprint density at radius 2 is 2.20 bits per heavy atom.